The number of hydrogen-bond donors (Lipinski definition) is 2. The normalized spacial score (nSPS) is 18.2. The lowest BCUT2D eigenvalue weighted by molar-refractivity contribution is -0.138. The first-order valence-corrected chi connectivity index (χ1v) is 9.72. The maximum absolute atomic E-state index is 12.9. The topological polar surface area (TPSA) is 87.7 Å². The van der Waals surface area contributed by atoms with Gasteiger partial charge >= 0.3 is 18.2 Å². The summed E-state index contributed by atoms with van der Waals surface area (Å²) in [5.74, 6) is -1.38. The fourth-order valence-electron chi connectivity index (χ4n) is 3.50. The van der Waals surface area contributed by atoms with E-state index in [-0.39, 0.29) is 23.6 Å². The van der Waals surface area contributed by atoms with Gasteiger partial charge in [-0.15, -0.1) is 0 Å². The number of anilines is 1. The smallest absolute Gasteiger partial charge is 0.416 e. The van der Waals surface area contributed by atoms with E-state index < -0.39 is 42.2 Å². The number of halogens is 4. The molecule has 2 heterocycles. The van der Waals surface area contributed by atoms with Crippen LogP contribution in [0.15, 0.2) is 59.8 Å². The fourth-order valence-corrected chi connectivity index (χ4v) is 3.63. The summed E-state index contributed by atoms with van der Waals surface area (Å²) >= 11 is 5.89. The van der Waals surface area contributed by atoms with Crippen molar-refractivity contribution in [2.45, 2.75) is 12.2 Å². The van der Waals surface area contributed by atoms with Gasteiger partial charge in [-0.05, 0) is 35.9 Å². The monoisotopic (exact) mass is 465 g/mol. The Labute approximate surface area is 184 Å². The molecule has 2 N–H and O–H groups in total. The highest BCUT2D eigenvalue weighted by Gasteiger charge is 2.42. The van der Waals surface area contributed by atoms with Crippen LogP contribution in [0.5, 0.6) is 0 Å². The second kappa shape index (κ2) is 8.19. The molecule has 0 bridgehead atoms. The highest BCUT2D eigenvalue weighted by molar-refractivity contribution is 6.30. The molecule has 166 valence electrons. The summed E-state index contributed by atoms with van der Waals surface area (Å²) in [5.41, 5.74) is 0.00434. The van der Waals surface area contributed by atoms with E-state index in [1.54, 1.807) is 24.3 Å². The Bertz CT molecular complexity index is 1130. The quantitative estimate of drug-likeness (QED) is 0.671. The molecule has 0 aromatic heterocycles. The number of urea groups is 1. The number of esters is 1. The van der Waals surface area contributed by atoms with E-state index in [4.69, 9.17) is 16.3 Å². The van der Waals surface area contributed by atoms with E-state index in [0.29, 0.717) is 10.6 Å². The molecule has 0 unspecified atom stereocenters. The third-order valence-corrected chi connectivity index (χ3v) is 5.23. The number of amides is 3. The Morgan fingerprint density at radius 3 is 2.59 bits per heavy atom. The first kappa shape index (κ1) is 21.7. The third kappa shape index (κ3) is 4.26. The van der Waals surface area contributed by atoms with Crippen molar-refractivity contribution in [2.75, 3.05) is 18.5 Å². The lowest BCUT2D eigenvalue weighted by Crippen LogP contribution is -2.49. The Morgan fingerprint density at radius 2 is 1.91 bits per heavy atom. The molecule has 0 spiro atoms. The lowest BCUT2D eigenvalue weighted by Gasteiger charge is -2.32. The number of carbonyl (C=O) groups excluding carboxylic acids is 3. The van der Waals surface area contributed by atoms with E-state index in [1.165, 1.54) is 6.07 Å². The van der Waals surface area contributed by atoms with E-state index in [9.17, 15) is 27.6 Å². The van der Waals surface area contributed by atoms with Crippen LogP contribution in [0.2, 0.25) is 5.02 Å². The SMILES string of the molecule is O=C(CN1C(=O)N[C@@H](c2ccc(Cl)cc2)C2=C1COC2=O)Nc1cccc(C(F)(F)F)c1. The molecule has 0 aliphatic carbocycles. The highest BCUT2D eigenvalue weighted by Crippen LogP contribution is 2.35. The molecule has 1 atom stereocenters. The third-order valence-electron chi connectivity index (χ3n) is 4.98. The van der Waals surface area contributed by atoms with E-state index in [0.717, 1.165) is 23.1 Å². The van der Waals surface area contributed by atoms with Gasteiger partial charge in [0, 0.05) is 10.7 Å². The minimum atomic E-state index is -4.56. The van der Waals surface area contributed by atoms with Gasteiger partial charge in [0.25, 0.3) is 0 Å². The Kier molecular flexibility index (Phi) is 5.55. The molecule has 0 radical (unpaired) electrons. The maximum atomic E-state index is 12.9. The molecule has 7 nitrogen and oxygen atoms in total. The minimum absolute atomic E-state index is 0.0748. The van der Waals surface area contributed by atoms with Gasteiger partial charge in [-0.1, -0.05) is 29.8 Å². The van der Waals surface area contributed by atoms with Crippen molar-refractivity contribution < 1.29 is 32.3 Å². The van der Waals surface area contributed by atoms with Crippen molar-refractivity contribution in [1.29, 1.82) is 0 Å². The van der Waals surface area contributed by atoms with Crippen LogP contribution in [0.1, 0.15) is 17.2 Å². The summed E-state index contributed by atoms with van der Waals surface area (Å²) < 4.78 is 43.7. The van der Waals surface area contributed by atoms with Crippen LogP contribution in [0.3, 0.4) is 0 Å². The summed E-state index contributed by atoms with van der Waals surface area (Å²) in [5, 5.41) is 5.48. The maximum Gasteiger partial charge on any atom is 0.416 e. The van der Waals surface area contributed by atoms with Crippen LogP contribution in [0.4, 0.5) is 23.7 Å². The van der Waals surface area contributed by atoms with Crippen LogP contribution in [0, 0.1) is 0 Å². The molecule has 11 heteroatoms. The zero-order chi connectivity index (χ0) is 23.0. The van der Waals surface area contributed by atoms with Crippen molar-refractivity contribution in [3.8, 4) is 0 Å². The number of ether oxygens (including phenoxy) is 1. The van der Waals surface area contributed by atoms with Crippen LogP contribution < -0.4 is 10.6 Å². The van der Waals surface area contributed by atoms with E-state index in [1.807, 2.05) is 0 Å². The number of cyclic esters (lactones) is 1. The molecular formula is C21H15ClF3N3O4. The number of nitrogens with zero attached hydrogens (tertiary/aromatic N) is 1. The molecule has 2 aromatic rings. The average Bonchev–Trinajstić information content (AvgIpc) is 3.12. The summed E-state index contributed by atoms with van der Waals surface area (Å²) in [4.78, 5) is 38.6. The molecule has 3 amide bonds. The largest absolute Gasteiger partial charge is 0.456 e. The first-order chi connectivity index (χ1) is 15.1. The summed E-state index contributed by atoms with van der Waals surface area (Å²) in [6.07, 6.45) is -4.56. The van der Waals surface area contributed by atoms with Crippen LogP contribution in [0.25, 0.3) is 0 Å². The molecule has 0 saturated heterocycles. The molecule has 0 saturated carbocycles. The Morgan fingerprint density at radius 1 is 1.19 bits per heavy atom. The standard InChI is InChI=1S/C21H15ClF3N3O4/c22-13-6-4-11(5-7-13)18-17-15(10-32-19(17)30)28(20(31)27-18)9-16(29)26-14-3-1-2-12(8-14)21(23,24)25/h1-8,18H,9-10H2,(H,26,29)(H,27,31)/t18-/m0/s1. The van der Waals surface area contributed by atoms with Gasteiger partial charge in [0.2, 0.25) is 5.91 Å². The molecular weight excluding hydrogens is 451 g/mol. The molecule has 32 heavy (non-hydrogen) atoms. The van der Waals surface area contributed by atoms with Crippen molar-refractivity contribution >= 4 is 35.2 Å². The van der Waals surface area contributed by atoms with Crippen molar-refractivity contribution in [3.05, 3.63) is 76.0 Å². The second-order valence-electron chi connectivity index (χ2n) is 7.08. The summed E-state index contributed by atoms with van der Waals surface area (Å²) in [7, 11) is 0. The van der Waals surface area contributed by atoms with Gasteiger partial charge in [-0.25, -0.2) is 9.59 Å². The average molecular weight is 466 g/mol. The number of nitrogens with one attached hydrogen (secondary N) is 2. The predicted molar refractivity (Wildman–Crippen MR) is 107 cm³/mol. The summed E-state index contributed by atoms with van der Waals surface area (Å²) in [6.45, 7) is -0.729. The van der Waals surface area contributed by atoms with Gasteiger partial charge in [0.15, 0.2) is 0 Å². The van der Waals surface area contributed by atoms with E-state index >= 15 is 0 Å². The molecule has 4 rings (SSSR count). The molecule has 0 fully saturated rings. The van der Waals surface area contributed by atoms with Crippen LogP contribution >= 0.6 is 11.6 Å². The highest BCUT2D eigenvalue weighted by atomic mass is 35.5. The zero-order valence-corrected chi connectivity index (χ0v) is 17.0. The van der Waals surface area contributed by atoms with Gasteiger partial charge in [0.1, 0.15) is 13.2 Å². The number of carbonyl (C=O) groups is 3. The van der Waals surface area contributed by atoms with Gasteiger partial charge in [-0.3, -0.25) is 9.69 Å². The lowest BCUT2D eigenvalue weighted by atomic mass is 9.96. The van der Waals surface area contributed by atoms with Gasteiger partial charge < -0.3 is 15.4 Å². The van der Waals surface area contributed by atoms with Gasteiger partial charge in [0.05, 0.1) is 22.9 Å². The van der Waals surface area contributed by atoms with E-state index in [2.05, 4.69) is 10.6 Å². The fraction of sp³-hybridized carbons (Fsp3) is 0.190. The number of benzene rings is 2. The second-order valence-corrected chi connectivity index (χ2v) is 7.52. The molecule has 2 aliphatic heterocycles. The van der Waals surface area contributed by atoms with Crippen molar-refractivity contribution in [3.63, 3.8) is 0 Å². The first-order valence-electron chi connectivity index (χ1n) is 9.34. The Balaban J connectivity index is 1.56. The van der Waals surface area contributed by atoms with Crippen molar-refractivity contribution in [2.24, 2.45) is 0 Å². The summed E-state index contributed by atoms with van der Waals surface area (Å²) in [6, 6.07) is 9.21. The van der Waals surface area contributed by atoms with Crippen molar-refractivity contribution in [1.82, 2.24) is 10.2 Å². The zero-order valence-electron chi connectivity index (χ0n) is 16.2. The predicted octanol–water partition coefficient (Wildman–Crippen LogP) is 3.87. The number of hydrogen-bond acceptors (Lipinski definition) is 4. The Hall–Kier alpha value is -3.53. The molecule has 2 aromatic carbocycles. The number of alkyl halides is 3. The van der Waals surface area contributed by atoms with Gasteiger partial charge in [-0.2, -0.15) is 13.2 Å². The van der Waals surface area contributed by atoms with Crippen LogP contribution in [-0.4, -0.2) is 36.0 Å². The van der Waals surface area contributed by atoms with Crippen LogP contribution in [-0.2, 0) is 20.5 Å². The molecule has 2 aliphatic rings. The number of rotatable bonds is 4. The minimum Gasteiger partial charge on any atom is -0.456 e.